The number of hydrogen-bond donors (Lipinski definition) is 3. The molecule has 3 N–H and O–H groups in total. The first-order valence-corrected chi connectivity index (χ1v) is 6.40. The first-order chi connectivity index (χ1) is 10.4. The zero-order chi connectivity index (χ0) is 14.1. The van der Waals surface area contributed by atoms with Crippen LogP contribution >= 0.6 is 0 Å². The van der Waals surface area contributed by atoms with Crippen LogP contribution in [0.5, 0.6) is 0 Å². The van der Waals surface area contributed by atoms with Gasteiger partial charge in [0.05, 0.1) is 29.8 Å². The summed E-state index contributed by atoms with van der Waals surface area (Å²) >= 11 is 0. The minimum atomic E-state index is 0.706. The number of rotatable bonds is 3. The number of aromatic nitrogens is 6. The fourth-order valence-electron chi connectivity index (χ4n) is 2.18. The Kier molecular flexibility index (Phi) is 2.60. The van der Waals surface area contributed by atoms with E-state index in [1.165, 1.54) is 6.33 Å². The van der Waals surface area contributed by atoms with Gasteiger partial charge in [0.1, 0.15) is 12.1 Å². The fourth-order valence-corrected chi connectivity index (χ4v) is 2.18. The van der Waals surface area contributed by atoms with E-state index in [9.17, 15) is 0 Å². The quantitative estimate of drug-likeness (QED) is 0.534. The molecule has 4 rings (SSSR count). The van der Waals surface area contributed by atoms with Crippen LogP contribution in [-0.4, -0.2) is 30.1 Å². The number of nitrogens with zero attached hydrogens (tertiary/aromatic N) is 4. The standard InChI is InChI=1S/C14H11N7/c1-2-9(12-6-15-7-16-12)4-10(3-1)20-13-11-5-19-21-14(11)18-8-17-13/h1-8H,(H,15,16)(H2,17,18,19,20,21). The Hall–Kier alpha value is -3.22. The lowest BCUT2D eigenvalue weighted by atomic mass is 10.1. The van der Waals surface area contributed by atoms with Gasteiger partial charge in [-0.25, -0.2) is 15.0 Å². The van der Waals surface area contributed by atoms with Crippen molar-refractivity contribution in [3.05, 3.63) is 49.3 Å². The van der Waals surface area contributed by atoms with Crippen molar-refractivity contribution in [3.63, 3.8) is 0 Å². The number of imidazole rings is 1. The molecule has 0 bridgehead atoms. The molecule has 0 aliphatic rings. The highest BCUT2D eigenvalue weighted by Crippen LogP contribution is 2.24. The number of benzene rings is 1. The van der Waals surface area contributed by atoms with Crippen molar-refractivity contribution in [1.29, 1.82) is 0 Å². The molecule has 1 aromatic carbocycles. The van der Waals surface area contributed by atoms with Crippen LogP contribution in [0.15, 0.2) is 49.3 Å². The molecule has 0 radical (unpaired) electrons. The summed E-state index contributed by atoms with van der Waals surface area (Å²) in [5.74, 6) is 0.718. The Morgan fingerprint density at radius 2 is 2.10 bits per heavy atom. The maximum absolute atomic E-state index is 4.26. The molecule has 21 heavy (non-hydrogen) atoms. The van der Waals surface area contributed by atoms with E-state index < -0.39 is 0 Å². The molecule has 102 valence electrons. The summed E-state index contributed by atoms with van der Waals surface area (Å²) in [6.45, 7) is 0. The van der Waals surface area contributed by atoms with Crippen molar-refractivity contribution in [2.24, 2.45) is 0 Å². The molecular weight excluding hydrogens is 266 g/mol. The number of H-pyrrole nitrogens is 2. The molecule has 3 aromatic heterocycles. The number of nitrogens with one attached hydrogen (secondary N) is 3. The largest absolute Gasteiger partial charge is 0.345 e. The maximum atomic E-state index is 4.26. The maximum Gasteiger partial charge on any atom is 0.160 e. The van der Waals surface area contributed by atoms with Gasteiger partial charge < -0.3 is 10.3 Å². The van der Waals surface area contributed by atoms with E-state index in [0.717, 1.165) is 28.1 Å². The molecule has 0 saturated carbocycles. The minimum Gasteiger partial charge on any atom is -0.345 e. The van der Waals surface area contributed by atoms with Crippen molar-refractivity contribution in [1.82, 2.24) is 30.1 Å². The minimum absolute atomic E-state index is 0.706. The Labute approximate surface area is 119 Å². The summed E-state index contributed by atoms with van der Waals surface area (Å²) in [6.07, 6.45) is 6.66. The van der Waals surface area contributed by atoms with Crippen molar-refractivity contribution < 1.29 is 0 Å². The van der Waals surface area contributed by atoms with Crippen LogP contribution < -0.4 is 5.32 Å². The average molecular weight is 277 g/mol. The fraction of sp³-hybridized carbons (Fsp3) is 0. The molecule has 4 aromatic rings. The summed E-state index contributed by atoms with van der Waals surface area (Å²) in [5.41, 5.74) is 3.66. The van der Waals surface area contributed by atoms with Crippen molar-refractivity contribution in [2.75, 3.05) is 5.32 Å². The second kappa shape index (κ2) is 4.71. The van der Waals surface area contributed by atoms with E-state index in [-0.39, 0.29) is 0 Å². The van der Waals surface area contributed by atoms with Gasteiger partial charge in [0.25, 0.3) is 0 Å². The summed E-state index contributed by atoms with van der Waals surface area (Å²) < 4.78 is 0. The Balaban J connectivity index is 1.71. The van der Waals surface area contributed by atoms with Gasteiger partial charge in [0.15, 0.2) is 5.65 Å². The first-order valence-electron chi connectivity index (χ1n) is 6.40. The Morgan fingerprint density at radius 1 is 1.10 bits per heavy atom. The molecule has 0 saturated heterocycles. The Bertz CT molecular complexity index is 879. The van der Waals surface area contributed by atoms with Gasteiger partial charge in [-0.15, -0.1) is 0 Å². The van der Waals surface area contributed by atoms with Gasteiger partial charge in [0, 0.05) is 11.3 Å². The van der Waals surface area contributed by atoms with Crippen molar-refractivity contribution in [3.8, 4) is 11.3 Å². The van der Waals surface area contributed by atoms with E-state index in [1.54, 1.807) is 18.7 Å². The molecule has 0 amide bonds. The van der Waals surface area contributed by atoms with Crippen molar-refractivity contribution in [2.45, 2.75) is 0 Å². The SMILES string of the molecule is c1cc(Nc2ncnc3[nH]ncc23)cc(-c2cnc[nH]2)c1. The number of anilines is 2. The third-order valence-electron chi connectivity index (χ3n) is 3.18. The van der Waals surface area contributed by atoms with E-state index >= 15 is 0 Å². The van der Waals surface area contributed by atoms with Crippen LogP contribution in [0.3, 0.4) is 0 Å². The van der Waals surface area contributed by atoms with Gasteiger partial charge in [-0.2, -0.15) is 5.10 Å². The molecule has 3 heterocycles. The smallest absolute Gasteiger partial charge is 0.160 e. The van der Waals surface area contributed by atoms with Crippen molar-refractivity contribution >= 4 is 22.5 Å². The third-order valence-corrected chi connectivity index (χ3v) is 3.18. The predicted molar refractivity (Wildman–Crippen MR) is 79.0 cm³/mol. The third kappa shape index (κ3) is 2.10. The molecule has 7 heteroatoms. The lowest BCUT2D eigenvalue weighted by Gasteiger charge is -2.07. The Morgan fingerprint density at radius 3 is 3.00 bits per heavy atom. The molecular formula is C14H11N7. The average Bonchev–Trinajstić information content (AvgIpc) is 3.20. The molecule has 0 fully saturated rings. The monoisotopic (exact) mass is 277 g/mol. The lowest BCUT2D eigenvalue weighted by molar-refractivity contribution is 1.09. The molecule has 7 nitrogen and oxygen atoms in total. The lowest BCUT2D eigenvalue weighted by Crippen LogP contribution is -1.95. The van der Waals surface area contributed by atoms with Crippen LogP contribution in [0.1, 0.15) is 0 Å². The second-order valence-corrected chi connectivity index (χ2v) is 4.53. The number of aromatic amines is 2. The highest BCUT2D eigenvalue weighted by molar-refractivity contribution is 5.87. The molecule has 0 unspecified atom stereocenters. The zero-order valence-electron chi connectivity index (χ0n) is 10.9. The highest BCUT2D eigenvalue weighted by Gasteiger charge is 2.06. The summed E-state index contributed by atoms with van der Waals surface area (Å²) in [5, 5.41) is 10.9. The van der Waals surface area contributed by atoms with Crippen LogP contribution in [0, 0.1) is 0 Å². The van der Waals surface area contributed by atoms with E-state index in [4.69, 9.17) is 0 Å². The number of fused-ring (bicyclic) bond motifs is 1. The molecule has 0 spiro atoms. The van der Waals surface area contributed by atoms with Gasteiger partial charge in [-0.3, -0.25) is 5.10 Å². The van der Waals surface area contributed by atoms with Gasteiger partial charge >= 0.3 is 0 Å². The van der Waals surface area contributed by atoms with Crippen LogP contribution in [-0.2, 0) is 0 Å². The van der Waals surface area contributed by atoms with Gasteiger partial charge in [0.2, 0.25) is 0 Å². The molecule has 0 aliphatic carbocycles. The van der Waals surface area contributed by atoms with Crippen LogP contribution in [0.25, 0.3) is 22.3 Å². The number of hydrogen-bond acceptors (Lipinski definition) is 5. The summed E-state index contributed by atoms with van der Waals surface area (Å²) in [7, 11) is 0. The van der Waals surface area contributed by atoms with Crippen LogP contribution in [0.2, 0.25) is 0 Å². The van der Waals surface area contributed by atoms with E-state index in [1.807, 2.05) is 24.3 Å². The summed E-state index contributed by atoms with van der Waals surface area (Å²) in [6, 6.07) is 8.01. The topological polar surface area (TPSA) is 95.2 Å². The molecule has 0 atom stereocenters. The first kappa shape index (κ1) is 11.6. The summed E-state index contributed by atoms with van der Waals surface area (Å²) in [4.78, 5) is 15.5. The van der Waals surface area contributed by atoms with E-state index in [0.29, 0.717) is 5.65 Å². The normalized spacial score (nSPS) is 10.9. The van der Waals surface area contributed by atoms with Crippen LogP contribution in [0.4, 0.5) is 11.5 Å². The van der Waals surface area contributed by atoms with E-state index in [2.05, 4.69) is 35.5 Å². The zero-order valence-corrected chi connectivity index (χ0v) is 10.9. The van der Waals surface area contributed by atoms with Gasteiger partial charge in [-0.1, -0.05) is 12.1 Å². The van der Waals surface area contributed by atoms with Gasteiger partial charge in [-0.05, 0) is 12.1 Å². The second-order valence-electron chi connectivity index (χ2n) is 4.53. The molecule has 0 aliphatic heterocycles. The predicted octanol–water partition coefficient (Wildman–Crippen LogP) is 2.49. The highest BCUT2D eigenvalue weighted by atomic mass is 15.2.